The molecule has 78 valence electrons. The van der Waals surface area contributed by atoms with Crippen molar-refractivity contribution in [2.24, 2.45) is 0 Å². The van der Waals surface area contributed by atoms with Crippen LogP contribution in [0, 0.1) is 11.3 Å². The third-order valence-corrected chi connectivity index (χ3v) is 3.33. The van der Waals surface area contributed by atoms with Gasteiger partial charge in [-0.05, 0) is 52.3 Å². The number of nitrogens with zero attached hydrogens (tertiary/aromatic N) is 2. The number of hydrogen-bond donors (Lipinski definition) is 0. The summed E-state index contributed by atoms with van der Waals surface area (Å²) in [5.41, 5.74) is 0.674. The van der Waals surface area contributed by atoms with Crippen molar-refractivity contribution in [1.29, 1.82) is 5.26 Å². The summed E-state index contributed by atoms with van der Waals surface area (Å²) in [6.45, 7) is 0. The van der Waals surface area contributed by atoms with E-state index < -0.39 is 0 Å². The van der Waals surface area contributed by atoms with Gasteiger partial charge < -0.3 is 0 Å². The van der Waals surface area contributed by atoms with E-state index in [9.17, 15) is 0 Å². The second-order valence-electron chi connectivity index (χ2n) is 3.05. The van der Waals surface area contributed by atoms with Crippen LogP contribution in [0.1, 0.15) is 5.56 Å². The highest BCUT2D eigenvalue weighted by Crippen LogP contribution is 2.26. The minimum atomic E-state index is 0.674. The molecule has 4 heteroatoms. The average Bonchev–Trinajstić information content (AvgIpc) is 2.33. The van der Waals surface area contributed by atoms with Crippen LogP contribution in [0.25, 0.3) is 0 Å². The van der Waals surface area contributed by atoms with Crippen molar-refractivity contribution in [2.75, 3.05) is 0 Å². The van der Waals surface area contributed by atoms with Gasteiger partial charge in [-0.2, -0.15) is 5.26 Å². The Labute approximate surface area is 106 Å². The van der Waals surface area contributed by atoms with Crippen LogP contribution < -0.4 is 0 Å². The molecule has 0 aliphatic carbocycles. The predicted octanol–water partition coefficient (Wildman–Crippen LogP) is 3.87. The second kappa shape index (κ2) is 5.15. The molecule has 0 bridgehead atoms. The molecule has 1 heterocycles. The summed E-state index contributed by atoms with van der Waals surface area (Å²) in [6.07, 6.45) is 1.77. The zero-order chi connectivity index (χ0) is 11.4. The van der Waals surface area contributed by atoms with E-state index in [4.69, 9.17) is 5.26 Å². The number of rotatable bonds is 2. The fourth-order valence-corrected chi connectivity index (χ4v) is 2.13. The molecule has 1 aromatic heterocycles. The van der Waals surface area contributed by atoms with Crippen molar-refractivity contribution in [1.82, 2.24) is 4.98 Å². The maximum absolute atomic E-state index is 8.67. The van der Waals surface area contributed by atoms with Gasteiger partial charge in [0.15, 0.2) is 0 Å². The summed E-state index contributed by atoms with van der Waals surface area (Å²) in [7, 11) is 0. The van der Waals surface area contributed by atoms with Crippen molar-refractivity contribution in [3.63, 3.8) is 0 Å². The first-order valence-corrected chi connectivity index (χ1v) is 6.18. The summed E-state index contributed by atoms with van der Waals surface area (Å²) >= 11 is 4.92. The first kappa shape index (κ1) is 11.2. The van der Waals surface area contributed by atoms with E-state index in [-0.39, 0.29) is 0 Å². The summed E-state index contributed by atoms with van der Waals surface area (Å²) in [5, 5.41) is 9.61. The topological polar surface area (TPSA) is 36.7 Å². The van der Waals surface area contributed by atoms with Crippen molar-refractivity contribution in [3.05, 3.63) is 52.6 Å². The van der Waals surface area contributed by atoms with Gasteiger partial charge in [-0.15, -0.1) is 0 Å². The molecule has 2 rings (SSSR count). The van der Waals surface area contributed by atoms with Crippen LogP contribution in [0.2, 0.25) is 0 Å². The minimum Gasteiger partial charge on any atom is -0.248 e. The highest BCUT2D eigenvalue weighted by atomic mass is 79.9. The average molecular weight is 291 g/mol. The Kier molecular flexibility index (Phi) is 3.60. The Hall–Kier alpha value is -1.31. The van der Waals surface area contributed by atoms with Crippen LogP contribution in [0.5, 0.6) is 0 Å². The normalized spacial score (nSPS) is 9.75. The molecule has 2 aromatic rings. The van der Waals surface area contributed by atoms with Gasteiger partial charge >= 0.3 is 0 Å². The monoisotopic (exact) mass is 290 g/mol. The Bertz CT molecular complexity index is 514. The number of pyridine rings is 1. The second-order valence-corrected chi connectivity index (χ2v) is 5.06. The van der Waals surface area contributed by atoms with Gasteiger partial charge in [0.1, 0.15) is 5.03 Å². The SMILES string of the molecule is N#Cc1ccc(Sc2ccc(Br)cn2)cc1. The molecule has 1 aromatic carbocycles. The molecule has 0 atom stereocenters. The molecule has 0 fully saturated rings. The molecule has 2 nitrogen and oxygen atoms in total. The molecule has 0 saturated heterocycles. The molecule has 0 spiro atoms. The minimum absolute atomic E-state index is 0.674. The third kappa shape index (κ3) is 2.84. The van der Waals surface area contributed by atoms with Gasteiger partial charge in [-0.25, -0.2) is 4.98 Å². The van der Waals surface area contributed by atoms with Crippen LogP contribution in [-0.2, 0) is 0 Å². The Morgan fingerprint density at radius 2 is 1.88 bits per heavy atom. The van der Waals surface area contributed by atoms with E-state index in [0.717, 1.165) is 14.4 Å². The maximum atomic E-state index is 8.67. The van der Waals surface area contributed by atoms with Crippen molar-refractivity contribution >= 4 is 27.7 Å². The number of halogens is 1. The zero-order valence-electron chi connectivity index (χ0n) is 8.22. The number of nitriles is 1. The number of aromatic nitrogens is 1. The van der Waals surface area contributed by atoms with Crippen LogP contribution in [0.3, 0.4) is 0 Å². The van der Waals surface area contributed by atoms with E-state index in [0.29, 0.717) is 5.56 Å². The standard InChI is InChI=1S/C12H7BrN2S/c13-10-3-6-12(15-8-10)16-11-4-1-9(7-14)2-5-11/h1-6,8H. The fraction of sp³-hybridized carbons (Fsp3) is 0. The van der Waals surface area contributed by atoms with Gasteiger partial charge in [0.25, 0.3) is 0 Å². The highest BCUT2D eigenvalue weighted by Gasteiger charge is 1.98. The first-order valence-electron chi connectivity index (χ1n) is 4.57. The van der Waals surface area contributed by atoms with E-state index in [1.165, 1.54) is 0 Å². The van der Waals surface area contributed by atoms with E-state index in [1.807, 2.05) is 24.3 Å². The smallest absolute Gasteiger partial charge is 0.101 e. The molecular formula is C12H7BrN2S. The molecule has 16 heavy (non-hydrogen) atoms. The van der Waals surface area contributed by atoms with Crippen LogP contribution >= 0.6 is 27.7 Å². The number of hydrogen-bond acceptors (Lipinski definition) is 3. The number of benzene rings is 1. The largest absolute Gasteiger partial charge is 0.248 e. The molecule has 0 aliphatic rings. The van der Waals surface area contributed by atoms with Gasteiger partial charge in [0.2, 0.25) is 0 Å². The predicted molar refractivity (Wildman–Crippen MR) is 67.2 cm³/mol. The maximum Gasteiger partial charge on any atom is 0.101 e. The van der Waals surface area contributed by atoms with Gasteiger partial charge in [0, 0.05) is 15.6 Å². The Balaban J connectivity index is 2.15. The summed E-state index contributed by atoms with van der Waals surface area (Å²) in [4.78, 5) is 5.34. The lowest BCUT2D eigenvalue weighted by molar-refractivity contribution is 1.12. The fourth-order valence-electron chi connectivity index (χ4n) is 1.14. The zero-order valence-corrected chi connectivity index (χ0v) is 10.6. The lowest BCUT2D eigenvalue weighted by Crippen LogP contribution is -1.79. The van der Waals surface area contributed by atoms with E-state index >= 15 is 0 Å². The molecular weight excluding hydrogens is 284 g/mol. The lowest BCUT2D eigenvalue weighted by Gasteiger charge is -2.00. The van der Waals surface area contributed by atoms with Crippen LogP contribution in [0.4, 0.5) is 0 Å². The van der Waals surface area contributed by atoms with Crippen molar-refractivity contribution < 1.29 is 0 Å². The first-order chi connectivity index (χ1) is 7.78. The Morgan fingerprint density at radius 3 is 2.44 bits per heavy atom. The van der Waals surface area contributed by atoms with E-state index in [1.54, 1.807) is 30.1 Å². The molecule has 0 saturated carbocycles. The summed E-state index contributed by atoms with van der Waals surface area (Å²) in [6, 6.07) is 13.5. The third-order valence-electron chi connectivity index (χ3n) is 1.91. The highest BCUT2D eigenvalue weighted by molar-refractivity contribution is 9.10. The quantitative estimate of drug-likeness (QED) is 0.842. The molecule has 0 aliphatic heterocycles. The molecule has 0 N–H and O–H groups in total. The molecule has 0 radical (unpaired) electrons. The van der Waals surface area contributed by atoms with Gasteiger partial charge in [-0.1, -0.05) is 11.8 Å². The molecule has 0 amide bonds. The summed E-state index contributed by atoms with van der Waals surface area (Å²) < 4.78 is 0.969. The van der Waals surface area contributed by atoms with Gasteiger partial charge in [0.05, 0.1) is 11.6 Å². The van der Waals surface area contributed by atoms with Crippen LogP contribution in [-0.4, -0.2) is 4.98 Å². The van der Waals surface area contributed by atoms with Gasteiger partial charge in [-0.3, -0.25) is 0 Å². The Morgan fingerprint density at radius 1 is 1.12 bits per heavy atom. The van der Waals surface area contributed by atoms with Crippen molar-refractivity contribution in [3.8, 4) is 6.07 Å². The summed E-state index contributed by atoms with van der Waals surface area (Å²) in [5.74, 6) is 0. The van der Waals surface area contributed by atoms with Crippen LogP contribution in [0.15, 0.2) is 57.0 Å². The lowest BCUT2D eigenvalue weighted by atomic mass is 10.2. The van der Waals surface area contributed by atoms with E-state index in [2.05, 4.69) is 27.0 Å². The van der Waals surface area contributed by atoms with Crippen molar-refractivity contribution in [2.45, 2.75) is 9.92 Å². The molecule has 0 unspecified atom stereocenters.